The topological polar surface area (TPSA) is 58.6 Å². The lowest BCUT2D eigenvalue weighted by molar-refractivity contribution is -0.139. The van der Waals surface area contributed by atoms with Gasteiger partial charge in [-0.05, 0) is 17.7 Å². The van der Waals surface area contributed by atoms with Crippen molar-refractivity contribution in [2.45, 2.75) is 24.3 Å². The Kier molecular flexibility index (Phi) is 4.14. The van der Waals surface area contributed by atoms with E-state index in [9.17, 15) is 4.79 Å². The Hall–Kier alpha value is -1.20. The molecule has 18 heavy (non-hydrogen) atoms. The molecule has 4 nitrogen and oxygen atoms in total. The smallest absolute Gasteiger partial charge is 0.321 e. The highest BCUT2D eigenvalue weighted by atomic mass is 32.2. The molecule has 0 radical (unpaired) electrons. The van der Waals surface area contributed by atoms with E-state index in [1.165, 1.54) is 0 Å². The molecule has 1 aliphatic rings. The Labute approximate surface area is 111 Å². The predicted molar refractivity (Wildman–Crippen MR) is 72.2 cm³/mol. The molecule has 0 amide bonds. The van der Waals surface area contributed by atoms with Gasteiger partial charge in [-0.15, -0.1) is 0 Å². The van der Waals surface area contributed by atoms with Crippen molar-refractivity contribution in [3.05, 3.63) is 29.8 Å². The van der Waals surface area contributed by atoms with Crippen molar-refractivity contribution >= 4 is 17.7 Å². The molecule has 1 aromatic carbocycles. The number of carboxylic acids is 1. The second kappa shape index (κ2) is 5.63. The minimum Gasteiger partial charge on any atom is -0.497 e. The molecule has 1 fully saturated rings. The van der Waals surface area contributed by atoms with Crippen molar-refractivity contribution in [2.24, 2.45) is 0 Å². The number of carboxylic acid groups (broad SMARTS) is 1. The molecule has 0 spiro atoms. The van der Waals surface area contributed by atoms with Gasteiger partial charge >= 0.3 is 5.97 Å². The fourth-order valence-corrected chi connectivity index (χ4v) is 3.23. The van der Waals surface area contributed by atoms with Gasteiger partial charge in [-0.1, -0.05) is 19.1 Å². The summed E-state index contributed by atoms with van der Waals surface area (Å²) in [5.74, 6) is 0.640. The molecule has 2 rings (SSSR count). The number of rotatable bonds is 3. The van der Waals surface area contributed by atoms with E-state index < -0.39 is 12.0 Å². The summed E-state index contributed by atoms with van der Waals surface area (Å²) in [5.41, 5.74) is 1.10. The Balaban J connectivity index is 2.15. The van der Waals surface area contributed by atoms with Crippen molar-refractivity contribution in [3.8, 4) is 5.75 Å². The lowest BCUT2D eigenvalue weighted by Gasteiger charge is -2.33. The summed E-state index contributed by atoms with van der Waals surface area (Å²) < 4.78 is 5.12. The summed E-state index contributed by atoms with van der Waals surface area (Å²) in [4.78, 5) is 11.0. The summed E-state index contributed by atoms with van der Waals surface area (Å²) in [7, 11) is 1.63. The monoisotopic (exact) mass is 267 g/mol. The average Bonchev–Trinajstić information content (AvgIpc) is 2.39. The number of benzene rings is 1. The van der Waals surface area contributed by atoms with E-state index in [0.29, 0.717) is 11.0 Å². The Bertz CT molecular complexity index is 421. The van der Waals surface area contributed by atoms with E-state index in [4.69, 9.17) is 9.84 Å². The van der Waals surface area contributed by atoms with E-state index in [1.54, 1.807) is 18.9 Å². The molecule has 0 aromatic heterocycles. The van der Waals surface area contributed by atoms with Crippen molar-refractivity contribution < 1.29 is 14.6 Å². The minimum atomic E-state index is -0.784. The molecular weight excluding hydrogens is 250 g/mol. The van der Waals surface area contributed by atoms with Crippen molar-refractivity contribution in [1.29, 1.82) is 0 Å². The fourth-order valence-electron chi connectivity index (χ4n) is 2.07. The van der Waals surface area contributed by atoms with Gasteiger partial charge in [-0.2, -0.15) is 11.8 Å². The highest BCUT2D eigenvalue weighted by Gasteiger charge is 2.32. The minimum absolute atomic E-state index is 0.0655. The summed E-state index contributed by atoms with van der Waals surface area (Å²) >= 11 is 1.69. The largest absolute Gasteiger partial charge is 0.497 e. The van der Waals surface area contributed by atoms with Crippen molar-refractivity contribution in [2.75, 3.05) is 12.9 Å². The Morgan fingerprint density at radius 2 is 2.11 bits per heavy atom. The highest BCUT2D eigenvalue weighted by molar-refractivity contribution is 8.00. The van der Waals surface area contributed by atoms with E-state index in [1.807, 2.05) is 24.3 Å². The third-order valence-corrected chi connectivity index (χ3v) is 4.47. The number of hydrogen-bond acceptors (Lipinski definition) is 4. The van der Waals surface area contributed by atoms with Crippen LogP contribution < -0.4 is 10.1 Å². The maximum absolute atomic E-state index is 11.0. The lowest BCUT2D eigenvalue weighted by atomic mass is 10.0. The molecule has 1 saturated heterocycles. The first kappa shape index (κ1) is 13.2. The number of methoxy groups -OCH3 is 1. The van der Waals surface area contributed by atoms with Gasteiger partial charge in [0.05, 0.1) is 7.11 Å². The molecular formula is C13H17NO3S. The standard InChI is InChI=1S/C13H17NO3S/c1-8-12(14-11(7-18-8)13(15)16)9-3-5-10(17-2)6-4-9/h3-6,8,11-12,14H,7H2,1-2H3,(H,15,16). The van der Waals surface area contributed by atoms with Gasteiger partial charge in [0.25, 0.3) is 0 Å². The molecule has 3 unspecified atom stereocenters. The summed E-state index contributed by atoms with van der Waals surface area (Å²) in [6.07, 6.45) is 0. The second-order valence-corrected chi connectivity index (χ2v) is 5.76. The van der Waals surface area contributed by atoms with Gasteiger partial charge in [0.2, 0.25) is 0 Å². The van der Waals surface area contributed by atoms with Crippen LogP contribution in [0.2, 0.25) is 0 Å². The second-order valence-electron chi connectivity index (χ2n) is 4.35. The summed E-state index contributed by atoms with van der Waals surface area (Å²) in [6, 6.07) is 7.36. The van der Waals surface area contributed by atoms with Crippen molar-refractivity contribution in [3.63, 3.8) is 0 Å². The Morgan fingerprint density at radius 3 is 2.67 bits per heavy atom. The molecule has 0 saturated carbocycles. The van der Waals surface area contributed by atoms with Crippen LogP contribution in [0.3, 0.4) is 0 Å². The van der Waals surface area contributed by atoms with E-state index >= 15 is 0 Å². The van der Waals surface area contributed by atoms with Crippen LogP contribution in [0, 0.1) is 0 Å². The maximum Gasteiger partial charge on any atom is 0.321 e. The zero-order valence-corrected chi connectivity index (χ0v) is 11.2. The molecule has 1 heterocycles. The van der Waals surface area contributed by atoms with Crippen LogP contribution in [-0.2, 0) is 4.79 Å². The summed E-state index contributed by atoms with van der Waals surface area (Å²) in [5, 5.41) is 12.6. The number of carbonyl (C=O) groups is 1. The van der Waals surface area contributed by atoms with Crippen molar-refractivity contribution in [1.82, 2.24) is 5.32 Å². The highest BCUT2D eigenvalue weighted by Crippen LogP contribution is 2.32. The van der Waals surface area contributed by atoms with Crippen LogP contribution in [0.1, 0.15) is 18.5 Å². The molecule has 2 N–H and O–H groups in total. The van der Waals surface area contributed by atoms with E-state index in [2.05, 4.69) is 12.2 Å². The van der Waals surface area contributed by atoms with Gasteiger partial charge in [-0.3, -0.25) is 10.1 Å². The zero-order chi connectivity index (χ0) is 13.1. The SMILES string of the molecule is COc1ccc(C2NC(C(=O)O)CSC2C)cc1. The van der Waals surface area contributed by atoms with Gasteiger partial charge in [0.15, 0.2) is 0 Å². The van der Waals surface area contributed by atoms with Gasteiger partial charge in [-0.25, -0.2) is 0 Å². The third-order valence-electron chi connectivity index (χ3n) is 3.15. The molecule has 1 aromatic rings. The van der Waals surface area contributed by atoms with Gasteiger partial charge < -0.3 is 9.84 Å². The first-order valence-electron chi connectivity index (χ1n) is 5.86. The van der Waals surface area contributed by atoms with Crippen LogP contribution >= 0.6 is 11.8 Å². The van der Waals surface area contributed by atoms with Crippen LogP contribution in [-0.4, -0.2) is 35.2 Å². The molecule has 5 heteroatoms. The number of aliphatic carboxylic acids is 1. The van der Waals surface area contributed by atoms with E-state index in [0.717, 1.165) is 11.3 Å². The lowest BCUT2D eigenvalue weighted by Crippen LogP contribution is -2.47. The number of hydrogen-bond donors (Lipinski definition) is 2. The maximum atomic E-state index is 11.0. The molecule has 98 valence electrons. The van der Waals surface area contributed by atoms with Crippen LogP contribution in [0.5, 0.6) is 5.75 Å². The Morgan fingerprint density at radius 1 is 1.44 bits per heavy atom. The molecule has 1 aliphatic heterocycles. The van der Waals surface area contributed by atoms with Gasteiger partial charge in [0, 0.05) is 17.0 Å². The number of ether oxygens (including phenoxy) is 1. The summed E-state index contributed by atoms with van der Waals surface area (Å²) in [6.45, 7) is 2.12. The normalized spacial score (nSPS) is 27.8. The number of nitrogens with one attached hydrogen (secondary N) is 1. The van der Waals surface area contributed by atoms with Gasteiger partial charge in [0.1, 0.15) is 11.8 Å². The van der Waals surface area contributed by atoms with Crippen LogP contribution in [0.4, 0.5) is 0 Å². The quantitative estimate of drug-likeness (QED) is 0.876. The predicted octanol–water partition coefficient (Wildman–Crippen LogP) is 1.91. The van der Waals surface area contributed by atoms with Crippen LogP contribution in [0.15, 0.2) is 24.3 Å². The first-order chi connectivity index (χ1) is 8.61. The molecule has 0 bridgehead atoms. The zero-order valence-electron chi connectivity index (χ0n) is 10.4. The fraction of sp³-hybridized carbons (Fsp3) is 0.462. The molecule has 0 aliphatic carbocycles. The van der Waals surface area contributed by atoms with E-state index in [-0.39, 0.29) is 6.04 Å². The number of thioether (sulfide) groups is 1. The van der Waals surface area contributed by atoms with Crippen LogP contribution in [0.25, 0.3) is 0 Å². The first-order valence-corrected chi connectivity index (χ1v) is 6.91. The molecule has 3 atom stereocenters. The third kappa shape index (κ3) is 2.79. The average molecular weight is 267 g/mol.